The topological polar surface area (TPSA) is 114 Å². The number of halogens is 1. The van der Waals surface area contributed by atoms with Crippen molar-refractivity contribution in [1.29, 1.82) is 0 Å². The van der Waals surface area contributed by atoms with Gasteiger partial charge in [-0.3, -0.25) is 19.7 Å². The Hall–Kier alpha value is -3.26. The Balaban J connectivity index is 1.88. The summed E-state index contributed by atoms with van der Waals surface area (Å²) in [5.74, 6) is -1.85. The molecule has 2 amide bonds. The molecule has 2 aromatic carbocycles. The van der Waals surface area contributed by atoms with Gasteiger partial charge in [0.15, 0.2) is 0 Å². The monoisotopic (exact) mass is 346 g/mol. The Morgan fingerprint density at radius 2 is 1.67 bits per heavy atom. The molecule has 0 heterocycles. The molecule has 8 nitrogen and oxygen atoms in total. The largest absolute Gasteiger partial charge is 0.329 e. The van der Waals surface area contributed by atoms with Crippen molar-refractivity contribution < 1.29 is 14.5 Å². The molecule has 0 unspecified atom stereocenters. The van der Waals surface area contributed by atoms with Gasteiger partial charge in [0.25, 0.3) is 5.69 Å². The van der Waals surface area contributed by atoms with Crippen LogP contribution in [-0.4, -0.2) is 23.0 Å². The summed E-state index contributed by atoms with van der Waals surface area (Å²) >= 11 is 5.72. The Morgan fingerprint density at radius 1 is 1.04 bits per heavy atom. The van der Waals surface area contributed by atoms with E-state index in [0.717, 1.165) is 0 Å². The van der Waals surface area contributed by atoms with Crippen molar-refractivity contribution in [3.63, 3.8) is 0 Å². The van der Waals surface area contributed by atoms with Crippen LogP contribution in [0.25, 0.3) is 0 Å². The molecule has 2 N–H and O–H groups in total. The minimum atomic E-state index is -0.955. The molecule has 0 aliphatic carbocycles. The van der Waals surface area contributed by atoms with Crippen LogP contribution < -0.4 is 10.7 Å². The number of hydrogen-bond acceptors (Lipinski definition) is 5. The number of nitro benzene ring substituents is 1. The zero-order valence-electron chi connectivity index (χ0n) is 12.1. The Bertz CT molecular complexity index is 788. The smallest absolute Gasteiger partial charge is 0.318 e. The van der Waals surface area contributed by atoms with E-state index in [0.29, 0.717) is 16.3 Å². The van der Waals surface area contributed by atoms with Crippen LogP contribution in [0.5, 0.6) is 0 Å². The molecule has 0 spiro atoms. The minimum Gasteiger partial charge on any atom is -0.318 e. The van der Waals surface area contributed by atoms with Gasteiger partial charge in [-0.05, 0) is 42.0 Å². The van der Waals surface area contributed by atoms with Gasteiger partial charge < -0.3 is 5.32 Å². The van der Waals surface area contributed by atoms with E-state index < -0.39 is 16.7 Å². The highest BCUT2D eigenvalue weighted by molar-refractivity contribution is 6.39. The zero-order chi connectivity index (χ0) is 17.5. The molecule has 0 atom stereocenters. The van der Waals surface area contributed by atoms with E-state index in [1.165, 1.54) is 30.5 Å². The SMILES string of the molecule is O=C(NN=Cc1ccc([N+](=O)[O-])cc1)C(=O)Nc1ccc(Cl)cc1. The van der Waals surface area contributed by atoms with Crippen LogP contribution in [-0.2, 0) is 9.59 Å². The number of non-ortho nitro benzene ring substituents is 1. The number of nitro groups is 1. The molecular formula is C15H11ClN4O4. The fraction of sp³-hybridized carbons (Fsp3) is 0. The van der Waals surface area contributed by atoms with Gasteiger partial charge in [0.05, 0.1) is 11.1 Å². The van der Waals surface area contributed by atoms with E-state index in [1.807, 2.05) is 0 Å². The lowest BCUT2D eigenvalue weighted by atomic mass is 10.2. The second-order valence-corrected chi connectivity index (χ2v) is 4.95. The molecule has 122 valence electrons. The molecule has 0 aromatic heterocycles. The van der Waals surface area contributed by atoms with E-state index in [2.05, 4.69) is 15.8 Å². The van der Waals surface area contributed by atoms with E-state index in [-0.39, 0.29) is 5.69 Å². The average Bonchev–Trinajstić information content (AvgIpc) is 2.57. The van der Waals surface area contributed by atoms with Crippen molar-refractivity contribution in [2.75, 3.05) is 5.32 Å². The summed E-state index contributed by atoms with van der Waals surface area (Å²) in [5, 5.41) is 17.0. The van der Waals surface area contributed by atoms with Crippen molar-refractivity contribution in [2.24, 2.45) is 5.10 Å². The maximum atomic E-state index is 11.7. The summed E-state index contributed by atoms with van der Waals surface area (Å²) in [5.41, 5.74) is 2.94. The van der Waals surface area contributed by atoms with Crippen molar-refractivity contribution in [2.45, 2.75) is 0 Å². The average molecular weight is 347 g/mol. The van der Waals surface area contributed by atoms with Gasteiger partial charge in [0, 0.05) is 22.8 Å². The fourth-order valence-corrected chi connectivity index (χ4v) is 1.75. The first-order valence-corrected chi connectivity index (χ1v) is 6.98. The second-order valence-electron chi connectivity index (χ2n) is 4.51. The molecular weight excluding hydrogens is 336 g/mol. The third-order valence-electron chi connectivity index (χ3n) is 2.79. The van der Waals surface area contributed by atoms with E-state index >= 15 is 0 Å². The van der Waals surface area contributed by atoms with Crippen LogP contribution in [0.3, 0.4) is 0 Å². The van der Waals surface area contributed by atoms with Gasteiger partial charge in [-0.15, -0.1) is 0 Å². The van der Waals surface area contributed by atoms with Gasteiger partial charge >= 0.3 is 11.8 Å². The first-order valence-electron chi connectivity index (χ1n) is 6.60. The molecule has 0 aliphatic rings. The molecule has 0 fully saturated rings. The van der Waals surface area contributed by atoms with Gasteiger partial charge in [-0.1, -0.05) is 11.6 Å². The predicted octanol–water partition coefficient (Wildman–Crippen LogP) is 2.34. The summed E-state index contributed by atoms with van der Waals surface area (Å²) in [6, 6.07) is 11.8. The van der Waals surface area contributed by atoms with Crippen molar-refractivity contribution in [1.82, 2.24) is 5.43 Å². The van der Waals surface area contributed by atoms with Crippen molar-refractivity contribution >= 4 is 41.0 Å². The Kier molecular flexibility index (Phi) is 5.58. The minimum absolute atomic E-state index is 0.0569. The quantitative estimate of drug-likeness (QED) is 0.382. The summed E-state index contributed by atoms with van der Waals surface area (Å²) in [4.78, 5) is 33.2. The van der Waals surface area contributed by atoms with Gasteiger partial charge in [-0.2, -0.15) is 5.10 Å². The zero-order valence-corrected chi connectivity index (χ0v) is 12.9. The number of benzene rings is 2. The molecule has 0 saturated heterocycles. The molecule has 0 aliphatic heterocycles. The Morgan fingerprint density at radius 3 is 2.25 bits per heavy atom. The van der Waals surface area contributed by atoms with Gasteiger partial charge in [0.1, 0.15) is 0 Å². The van der Waals surface area contributed by atoms with Crippen LogP contribution in [0.4, 0.5) is 11.4 Å². The van der Waals surface area contributed by atoms with Crippen LogP contribution in [0.15, 0.2) is 53.6 Å². The van der Waals surface area contributed by atoms with Gasteiger partial charge in [-0.25, -0.2) is 5.43 Å². The molecule has 0 saturated carbocycles. The number of hydrogen-bond donors (Lipinski definition) is 2. The van der Waals surface area contributed by atoms with Gasteiger partial charge in [0.2, 0.25) is 0 Å². The number of nitrogens with one attached hydrogen (secondary N) is 2. The third-order valence-corrected chi connectivity index (χ3v) is 3.04. The number of anilines is 1. The summed E-state index contributed by atoms with van der Waals surface area (Å²) in [6.07, 6.45) is 1.26. The van der Waals surface area contributed by atoms with E-state index in [1.54, 1.807) is 24.3 Å². The number of rotatable bonds is 4. The number of amides is 2. The van der Waals surface area contributed by atoms with Crippen LogP contribution in [0.1, 0.15) is 5.56 Å². The van der Waals surface area contributed by atoms with Crippen molar-refractivity contribution in [3.05, 3.63) is 69.2 Å². The van der Waals surface area contributed by atoms with Crippen LogP contribution >= 0.6 is 11.6 Å². The van der Waals surface area contributed by atoms with Crippen LogP contribution in [0.2, 0.25) is 5.02 Å². The van der Waals surface area contributed by atoms with E-state index in [4.69, 9.17) is 11.6 Å². The lowest BCUT2D eigenvalue weighted by Gasteiger charge is -2.03. The summed E-state index contributed by atoms with van der Waals surface area (Å²) < 4.78 is 0. The fourth-order valence-electron chi connectivity index (χ4n) is 1.62. The lowest BCUT2D eigenvalue weighted by molar-refractivity contribution is -0.384. The molecule has 9 heteroatoms. The highest BCUT2D eigenvalue weighted by Crippen LogP contribution is 2.13. The summed E-state index contributed by atoms with van der Waals surface area (Å²) in [7, 11) is 0. The third kappa shape index (κ3) is 4.89. The first kappa shape index (κ1) is 17.1. The summed E-state index contributed by atoms with van der Waals surface area (Å²) in [6.45, 7) is 0. The number of nitrogens with zero attached hydrogens (tertiary/aromatic N) is 2. The Labute approximate surface area is 141 Å². The molecule has 2 aromatic rings. The highest BCUT2D eigenvalue weighted by Gasteiger charge is 2.12. The van der Waals surface area contributed by atoms with E-state index in [9.17, 15) is 19.7 Å². The predicted molar refractivity (Wildman–Crippen MR) is 88.9 cm³/mol. The maximum Gasteiger partial charge on any atom is 0.329 e. The maximum absolute atomic E-state index is 11.7. The first-order chi connectivity index (χ1) is 11.5. The second kappa shape index (κ2) is 7.84. The van der Waals surface area contributed by atoms with Crippen LogP contribution in [0, 0.1) is 10.1 Å². The normalized spacial score (nSPS) is 10.4. The number of carbonyl (C=O) groups is 2. The lowest BCUT2D eigenvalue weighted by Crippen LogP contribution is -2.32. The standard InChI is InChI=1S/C15H11ClN4O4/c16-11-3-5-12(6-4-11)18-14(21)15(22)19-17-9-10-1-7-13(8-2-10)20(23)24/h1-9H,(H,18,21)(H,19,22). The molecule has 0 radical (unpaired) electrons. The number of hydrazone groups is 1. The highest BCUT2D eigenvalue weighted by atomic mass is 35.5. The molecule has 2 rings (SSSR count). The number of carbonyl (C=O) groups excluding carboxylic acids is 2. The molecule has 24 heavy (non-hydrogen) atoms. The van der Waals surface area contributed by atoms with Crippen molar-refractivity contribution in [3.8, 4) is 0 Å². The molecule has 0 bridgehead atoms.